The highest BCUT2D eigenvalue weighted by Crippen LogP contribution is 2.30. The summed E-state index contributed by atoms with van der Waals surface area (Å²) < 4.78 is 13.0. The van der Waals surface area contributed by atoms with E-state index >= 15 is 0 Å². The van der Waals surface area contributed by atoms with Crippen molar-refractivity contribution in [3.8, 4) is 11.1 Å². The maximum atomic E-state index is 13.0. The number of aromatic nitrogens is 2. The Balaban J connectivity index is 2.18. The lowest BCUT2D eigenvalue weighted by Gasteiger charge is -2.01. The zero-order valence-electron chi connectivity index (χ0n) is 10.3. The molecule has 20 heavy (non-hydrogen) atoms. The third kappa shape index (κ3) is 2.41. The molecule has 0 bridgehead atoms. The molecule has 0 radical (unpaired) electrons. The quantitative estimate of drug-likeness (QED) is 0.730. The maximum Gasteiger partial charge on any atom is 0.260 e. The molecular formula is C14H10BrFN2OS. The number of hydrogen-bond acceptors (Lipinski definition) is 3. The van der Waals surface area contributed by atoms with E-state index < -0.39 is 0 Å². The van der Waals surface area contributed by atoms with Crippen LogP contribution >= 0.6 is 27.3 Å². The normalized spacial score (nSPS) is 11.1. The van der Waals surface area contributed by atoms with Gasteiger partial charge in [-0.15, -0.1) is 11.3 Å². The van der Waals surface area contributed by atoms with Crippen LogP contribution in [0.4, 0.5) is 4.39 Å². The third-order valence-corrected chi connectivity index (χ3v) is 4.25. The van der Waals surface area contributed by atoms with E-state index in [-0.39, 0.29) is 11.4 Å². The number of thiophene rings is 1. The Kier molecular flexibility index (Phi) is 3.67. The molecule has 3 rings (SSSR count). The van der Waals surface area contributed by atoms with Gasteiger partial charge in [-0.3, -0.25) is 4.79 Å². The zero-order valence-corrected chi connectivity index (χ0v) is 12.7. The van der Waals surface area contributed by atoms with Gasteiger partial charge in [0.2, 0.25) is 0 Å². The van der Waals surface area contributed by atoms with Gasteiger partial charge >= 0.3 is 0 Å². The minimum absolute atomic E-state index is 0.147. The fourth-order valence-corrected chi connectivity index (χ4v) is 3.39. The largest absolute Gasteiger partial charge is 0.310 e. The van der Waals surface area contributed by atoms with Crippen molar-refractivity contribution in [1.29, 1.82) is 0 Å². The number of halogens is 2. The first-order valence-corrected chi connectivity index (χ1v) is 8.01. The fourth-order valence-electron chi connectivity index (χ4n) is 2.04. The number of alkyl halides is 1. The van der Waals surface area contributed by atoms with Crippen molar-refractivity contribution < 1.29 is 4.39 Å². The highest BCUT2D eigenvalue weighted by Gasteiger charge is 2.12. The van der Waals surface area contributed by atoms with E-state index in [1.54, 1.807) is 12.1 Å². The van der Waals surface area contributed by atoms with Crippen LogP contribution in [0.2, 0.25) is 0 Å². The molecule has 1 N–H and O–H groups in total. The van der Waals surface area contributed by atoms with Crippen LogP contribution in [0.5, 0.6) is 0 Å². The molecule has 0 saturated carbocycles. The third-order valence-electron chi connectivity index (χ3n) is 2.98. The highest BCUT2D eigenvalue weighted by molar-refractivity contribution is 9.09. The van der Waals surface area contributed by atoms with Gasteiger partial charge in [0.05, 0.1) is 5.39 Å². The Bertz CT molecular complexity index is 810. The summed E-state index contributed by atoms with van der Waals surface area (Å²) in [6.07, 6.45) is 0.676. The van der Waals surface area contributed by atoms with E-state index in [0.29, 0.717) is 22.5 Å². The molecule has 0 atom stereocenters. The van der Waals surface area contributed by atoms with Crippen molar-refractivity contribution in [2.24, 2.45) is 0 Å². The fraction of sp³-hybridized carbons (Fsp3) is 0.143. The molecule has 3 aromatic rings. The Morgan fingerprint density at radius 1 is 1.30 bits per heavy atom. The number of H-pyrrole nitrogens is 1. The minimum atomic E-state index is -0.292. The molecule has 0 spiro atoms. The first-order valence-electron chi connectivity index (χ1n) is 6.01. The number of aryl methyl sites for hydroxylation is 1. The second-order valence-corrected chi connectivity index (χ2v) is 5.94. The summed E-state index contributed by atoms with van der Waals surface area (Å²) in [5, 5.41) is 3.20. The lowest BCUT2D eigenvalue weighted by Crippen LogP contribution is -2.11. The maximum absolute atomic E-state index is 13.0. The van der Waals surface area contributed by atoms with E-state index in [0.717, 1.165) is 16.5 Å². The van der Waals surface area contributed by atoms with E-state index in [2.05, 4.69) is 25.9 Å². The molecule has 0 aliphatic heterocycles. The molecule has 2 aromatic heterocycles. The van der Waals surface area contributed by atoms with Crippen molar-refractivity contribution in [3.63, 3.8) is 0 Å². The van der Waals surface area contributed by atoms with Crippen molar-refractivity contribution in [3.05, 3.63) is 51.6 Å². The van der Waals surface area contributed by atoms with Gasteiger partial charge in [-0.2, -0.15) is 0 Å². The Morgan fingerprint density at radius 3 is 2.75 bits per heavy atom. The average molecular weight is 353 g/mol. The van der Waals surface area contributed by atoms with Gasteiger partial charge in [0, 0.05) is 22.7 Å². The van der Waals surface area contributed by atoms with Gasteiger partial charge in [-0.1, -0.05) is 28.1 Å². The number of hydrogen-bond donors (Lipinski definition) is 1. The van der Waals surface area contributed by atoms with Crippen LogP contribution in [0, 0.1) is 5.82 Å². The average Bonchev–Trinajstić information content (AvgIpc) is 2.84. The van der Waals surface area contributed by atoms with Crippen molar-refractivity contribution >= 4 is 37.5 Å². The van der Waals surface area contributed by atoms with Gasteiger partial charge in [-0.05, 0) is 17.7 Å². The van der Waals surface area contributed by atoms with Gasteiger partial charge in [0.1, 0.15) is 16.5 Å². The molecule has 102 valence electrons. The summed E-state index contributed by atoms with van der Waals surface area (Å²) in [5.41, 5.74) is 1.47. The number of aromatic amines is 1. The van der Waals surface area contributed by atoms with Crippen molar-refractivity contribution in [2.75, 3.05) is 5.33 Å². The molecule has 0 aliphatic rings. The van der Waals surface area contributed by atoms with Gasteiger partial charge in [0.15, 0.2) is 0 Å². The van der Waals surface area contributed by atoms with Crippen LogP contribution in [-0.2, 0) is 6.42 Å². The molecule has 0 aliphatic carbocycles. The van der Waals surface area contributed by atoms with Crippen LogP contribution in [0.1, 0.15) is 5.82 Å². The molecule has 6 heteroatoms. The summed E-state index contributed by atoms with van der Waals surface area (Å²) >= 11 is 4.76. The molecule has 0 unspecified atom stereocenters. The Hall–Kier alpha value is -1.53. The summed E-state index contributed by atoms with van der Waals surface area (Å²) in [6, 6.07) is 6.12. The predicted molar refractivity (Wildman–Crippen MR) is 83.1 cm³/mol. The van der Waals surface area contributed by atoms with E-state index in [1.807, 2.05) is 5.38 Å². The second-order valence-electron chi connectivity index (χ2n) is 4.29. The first-order chi connectivity index (χ1) is 9.69. The van der Waals surface area contributed by atoms with E-state index in [1.165, 1.54) is 23.5 Å². The molecular weight excluding hydrogens is 343 g/mol. The lowest BCUT2D eigenvalue weighted by molar-refractivity contribution is 0.628. The van der Waals surface area contributed by atoms with E-state index in [9.17, 15) is 9.18 Å². The van der Waals surface area contributed by atoms with Crippen molar-refractivity contribution in [2.45, 2.75) is 6.42 Å². The summed E-state index contributed by atoms with van der Waals surface area (Å²) in [7, 11) is 0. The van der Waals surface area contributed by atoms with Crippen LogP contribution in [0.25, 0.3) is 21.3 Å². The number of rotatable bonds is 3. The number of nitrogens with zero attached hydrogens (tertiary/aromatic N) is 1. The van der Waals surface area contributed by atoms with Gasteiger partial charge in [0.25, 0.3) is 5.56 Å². The molecule has 2 heterocycles. The zero-order chi connectivity index (χ0) is 14.1. The topological polar surface area (TPSA) is 45.8 Å². The summed E-state index contributed by atoms with van der Waals surface area (Å²) in [5.74, 6) is 0.381. The molecule has 0 amide bonds. The smallest absolute Gasteiger partial charge is 0.260 e. The second kappa shape index (κ2) is 5.46. The number of benzene rings is 1. The number of fused-ring (bicyclic) bond motifs is 1. The Morgan fingerprint density at radius 2 is 2.05 bits per heavy atom. The molecule has 1 aromatic carbocycles. The van der Waals surface area contributed by atoms with Gasteiger partial charge in [-0.25, -0.2) is 9.37 Å². The minimum Gasteiger partial charge on any atom is -0.310 e. The standard InChI is InChI=1S/C14H10BrFN2OS/c15-6-5-11-17-13(19)12-10(7-20-14(12)18-11)8-1-3-9(16)4-2-8/h1-4,7H,5-6H2,(H,17,18,19). The highest BCUT2D eigenvalue weighted by atomic mass is 79.9. The monoisotopic (exact) mass is 352 g/mol. The SMILES string of the molecule is O=c1[nH]c(CCBr)nc2scc(-c3ccc(F)cc3)c12. The molecule has 3 nitrogen and oxygen atoms in total. The summed E-state index contributed by atoms with van der Waals surface area (Å²) in [4.78, 5) is 20.2. The molecule has 0 saturated heterocycles. The van der Waals surface area contributed by atoms with Crippen LogP contribution in [0.3, 0.4) is 0 Å². The Labute approximate surface area is 126 Å². The van der Waals surface area contributed by atoms with Crippen LogP contribution < -0.4 is 5.56 Å². The summed E-state index contributed by atoms with van der Waals surface area (Å²) in [6.45, 7) is 0. The van der Waals surface area contributed by atoms with Crippen LogP contribution in [0.15, 0.2) is 34.4 Å². The lowest BCUT2D eigenvalue weighted by atomic mass is 10.1. The van der Waals surface area contributed by atoms with Crippen molar-refractivity contribution in [1.82, 2.24) is 9.97 Å². The first kappa shape index (κ1) is 13.5. The predicted octanol–water partition coefficient (Wildman–Crippen LogP) is 3.73. The van der Waals surface area contributed by atoms with Gasteiger partial charge < -0.3 is 4.98 Å². The van der Waals surface area contributed by atoms with E-state index in [4.69, 9.17) is 0 Å². The van der Waals surface area contributed by atoms with Crippen LogP contribution in [-0.4, -0.2) is 15.3 Å². The molecule has 0 fully saturated rings. The number of nitrogens with one attached hydrogen (secondary N) is 1.